The molecular formula is C37H38F3N3O10. The third kappa shape index (κ3) is 6.39. The lowest BCUT2D eigenvalue weighted by Crippen LogP contribution is -2.70. The van der Waals surface area contributed by atoms with Gasteiger partial charge in [0.25, 0.3) is 0 Å². The minimum atomic E-state index is -4.64. The first-order valence-corrected chi connectivity index (χ1v) is 17.7. The van der Waals surface area contributed by atoms with Gasteiger partial charge in [0.1, 0.15) is 35.9 Å². The van der Waals surface area contributed by atoms with Crippen LogP contribution in [0.5, 0.6) is 0 Å². The molecular weight excluding hydrogens is 703 g/mol. The van der Waals surface area contributed by atoms with E-state index in [0.717, 1.165) is 17.2 Å². The number of nitrogens with one attached hydrogen (secondary N) is 1. The third-order valence-electron chi connectivity index (χ3n) is 11.0. The number of aliphatic hydroxyl groups is 1. The van der Waals surface area contributed by atoms with Crippen LogP contribution >= 0.6 is 0 Å². The van der Waals surface area contributed by atoms with Crippen LogP contribution in [0.25, 0.3) is 6.08 Å². The summed E-state index contributed by atoms with van der Waals surface area (Å²) in [6.45, 7) is -1.59. The van der Waals surface area contributed by atoms with Crippen molar-refractivity contribution in [2.24, 2.45) is 5.41 Å². The van der Waals surface area contributed by atoms with Gasteiger partial charge in [-0.3, -0.25) is 19.2 Å². The number of nitrogens with zero attached hydrogens (tertiary/aromatic N) is 2. The molecule has 2 N–H and O–H groups in total. The fourth-order valence-corrected chi connectivity index (χ4v) is 8.87. The van der Waals surface area contributed by atoms with E-state index < -0.39 is 78.3 Å². The van der Waals surface area contributed by atoms with Crippen molar-refractivity contribution in [3.63, 3.8) is 0 Å². The van der Waals surface area contributed by atoms with Crippen molar-refractivity contribution in [3.8, 4) is 0 Å². The molecule has 0 radical (unpaired) electrons. The number of benzene rings is 2. The fourth-order valence-electron chi connectivity index (χ4n) is 8.87. The summed E-state index contributed by atoms with van der Waals surface area (Å²) < 4.78 is 60.9. The standard InChI is InChI=1S/C37H38F3N3O10/c38-37(39,40)20-49-27(45)12-11-21-7-9-22(10-8-21)19-43-30-33(47)50-26-18-36(30,34(48)42-14-3-6-25(42)32(46)41-13-15-44)31(53-43)29-28(26)51-35(52-29)16-23-4-1-2-5-24(23)17-35/h1-2,4-5,7-12,25-26,28-31,44H,3,6,13-20H2,(H,41,46). The number of hydrogen-bond acceptors (Lipinski definition) is 11. The van der Waals surface area contributed by atoms with E-state index >= 15 is 4.79 Å². The zero-order valence-electron chi connectivity index (χ0n) is 28.5. The van der Waals surface area contributed by atoms with Crippen LogP contribution in [0, 0.1) is 5.41 Å². The number of ether oxygens (including phenoxy) is 4. The minimum Gasteiger partial charge on any atom is -0.458 e. The van der Waals surface area contributed by atoms with Crippen molar-refractivity contribution in [1.82, 2.24) is 15.3 Å². The second-order valence-corrected chi connectivity index (χ2v) is 14.4. The SMILES string of the molecule is O=C(C=Cc1ccc(CN2OC3C4OC5(Cc6ccccc6C5)OC4C4CC3(C(=O)N3CCCC3C(=O)NCCO)C2C(=O)O4)cc1)OCC(F)(F)F. The largest absolute Gasteiger partial charge is 0.458 e. The lowest BCUT2D eigenvalue weighted by atomic mass is 9.62. The van der Waals surface area contributed by atoms with Crippen LogP contribution in [0.4, 0.5) is 13.2 Å². The van der Waals surface area contributed by atoms with Gasteiger partial charge in [-0.15, -0.1) is 0 Å². The highest BCUT2D eigenvalue weighted by molar-refractivity contribution is 5.96. The number of fused-ring (bicyclic) bond motifs is 5. The number of carbonyl (C=O) groups excluding carboxylic acids is 4. The number of hydroxylamine groups is 2. The number of halogens is 3. The molecule has 2 aromatic rings. The maximum absolute atomic E-state index is 15.1. The molecule has 2 bridgehead atoms. The third-order valence-corrected chi connectivity index (χ3v) is 11.0. The lowest BCUT2D eigenvalue weighted by Gasteiger charge is -2.50. The molecule has 4 saturated heterocycles. The van der Waals surface area contributed by atoms with Crippen LogP contribution in [-0.2, 0) is 62.3 Å². The molecule has 8 rings (SSSR count). The highest BCUT2D eigenvalue weighted by atomic mass is 19.4. The van der Waals surface area contributed by atoms with E-state index in [1.165, 1.54) is 16.0 Å². The quantitative estimate of drug-likeness (QED) is 0.287. The molecule has 6 aliphatic rings. The summed E-state index contributed by atoms with van der Waals surface area (Å²) in [5.41, 5.74) is 1.83. The Labute approximate surface area is 301 Å². The topological polar surface area (TPSA) is 153 Å². The van der Waals surface area contributed by atoms with Crippen molar-refractivity contribution in [2.45, 2.75) is 87.1 Å². The van der Waals surface area contributed by atoms with E-state index in [-0.39, 0.29) is 32.0 Å². The molecule has 2 amide bonds. The van der Waals surface area contributed by atoms with Crippen LogP contribution in [0.1, 0.15) is 41.5 Å². The molecule has 4 aliphatic heterocycles. The maximum atomic E-state index is 15.1. The van der Waals surface area contributed by atoms with Crippen molar-refractivity contribution in [3.05, 3.63) is 76.9 Å². The second-order valence-electron chi connectivity index (χ2n) is 14.4. The Kier molecular flexibility index (Phi) is 9.08. The molecule has 4 heterocycles. The molecule has 1 saturated carbocycles. The van der Waals surface area contributed by atoms with Crippen molar-refractivity contribution < 1.29 is 61.2 Å². The normalized spacial score (nSPS) is 31.1. The zero-order valence-corrected chi connectivity index (χ0v) is 28.5. The van der Waals surface area contributed by atoms with E-state index in [1.54, 1.807) is 24.3 Å². The summed E-state index contributed by atoms with van der Waals surface area (Å²) in [6, 6.07) is 12.6. The molecule has 7 atom stereocenters. The molecule has 5 fully saturated rings. The van der Waals surface area contributed by atoms with Gasteiger partial charge >= 0.3 is 18.1 Å². The van der Waals surface area contributed by atoms with E-state index in [4.69, 9.17) is 19.0 Å². The number of carbonyl (C=O) groups is 4. The van der Waals surface area contributed by atoms with Crippen LogP contribution in [-0.4, -0.2) is 114 Å². The Balaban J connectivity index is 1.08. The zero-order chi connectivity index (χ0) is 37.1. The summed E-state index contributed by atoms with van der Waals surface area (Å²) in [5.74, 6) is -3.64. The van der Waals surface area contributed by atoms with Gasteiger partial charge in [0, 0.05) is 38.4 Å². The molecule has 53 heavy (non-hydrogen) atoms. The molecule has 0 aromatic heterocycles. The summed E-state index contributed by atoms with van der Waals surface area (Å²) in [5, 5.41) is 13.4. The highest BCUT2D eigenvalue weighted by Crippen LogP contribution is 2.59. The highest BCUT2D eigenvalue weighted by Gasteiger charge is 2.77. The predicted molar refractivity (Wildman–Crippen MR) is 175 cm³/mol. The Morgan fingerprint density at radius 2 is 1.75 bits per heavy atom. The van der Waals surface area contributed by atoms with E-state index in [2.05, 4.69) is 10.1 Å². The lowest BCUT2D eigenvalue weighted by molar-refractivity contribution is -0.218. The van der Waals surface area contributed by atoms with Gasteiger partial charge in [-0.05, 0) is 41.2 Å². The average Bonchev–Trinajstić information content (AvgIpc) is 3.92. The number of hydrogen-bond donors (Lipinski definition) is 2. The number of amides is 2. The smallest absolute Gasteiger partial charge is 0.422 e. The van der Waals surface area contributed by atoms with E-state index in [9.17, 15) is 32.7 Å². The van der Waals surface area contributed by atoms with Gasteiger partial charge in [0.15, 0.2) is 18.4 Å². The summed E-state index contributed by atoms with van der Waals surface area (Å²) in [6.07, 6.45) is -3.70. The van der Waals surface area contributed by atoms with Gasteiger partial charge in [-0.2, -0.15) is 18.2 Å². The molecule has 13 nitrogen and oxygen atoms in total. The monoisotopic (exact) mass is 741 g/mol. The molecule has 282 valence electrons. The fraction of sp³-hybridized carbons (Fsp3) is 0.514. The molecule has 7 unspecified atom stereocenters. The first kappa shape index (κ1) is 35.7. The summed E-state index contributed by atoms with van der Waals surface area (Å²) in [4.78, 5) is 62.3. The van der Waals surface area contributed by atoms with Gasteiger partial charge in [-0.1, -0.05) is 48.5 Å². The number of rotatable bonds is 9. The van der Waals surface area contributed by atoms with Crippen molar-refractivity contribution in [1.29, 1.82) is 0 Å². The minimum absolute atomic E-state index is 0.0306. The van der Waals surface area contributed by atoms with Gasteiger partial charge in [-0.25, -0.2) is 4.79 Å². The molecule has 2 aliphatic carbocycles. The number of alkyl halides is 3. The van der Waals surface area contributed by atoms with Gasteiger partial charge in [0.05, 0.1) is 13.2 Å². The maximum Gasteiger partial charge on any atom is 0.422 e. The Hall–Kier alpha value is -4.35. The van der Waals surface area contributed by atoms with E-state index in [0.29, 0.717) is 43.4 Å². The number of esters is 2. The Bertz CT molecular complexity index is 1800. The van der Waals surface area contributed by atoms with Crippen LogP contribution in [0.2, 0.25) is 0 Å². The Morgan fingerprint density at radius 3 is 2.45 bits per heavy atom. The van der Waals surface area contributed by atoms with Crippen LogP contribution < -0.4 is 5.32 Å². The summed E-state index contributed by atoms with van der Waals surface area (Å²) >= 11 is 0. The van der Waals surface area contributed by atoms with Gasteiger partial charge in [0.2, 0.25) is 11.8 Å². The van der Waals surface area contributed by atoms with Crippen molar-refractivity contribution >= 4 is 29.8 Å². The van der Waals surface area contributed by atoms with Crippen molar-refractivity contribution in [2.75, 3.05) is 26.3 Å². The average molecular weight is 742 g/mol. The summed E-state index contributed by atoms with van der Waals surface area (Å²) in [7, 11) is 0. The molecule has 2 aromatic carbocycles. The number of aliphatic hydroxyl groups excluding tert-OH is 1. The first-order valence-electron chi connectivity index (χ1n) is 17.7. The predicted octanol–water partition coefficient (Wildman–Crippen LogP) is 1.98. The molecule has 1 spiro atoms. The molecule has 16 heteroatoms. The van der Waals surface area contributed by atoms with Crippen LogP contribution in [0.15, 0.2) is 54.6 Å². The number of likely N-dealkylation sites (tertiary alicyclic amines) is 1. The second kappa shape index (κ2) is 13.5. The first-order chi connectivity index (χ1) is 25.4. The van der Waals surface area contributed by atoms with Gasteiger partial charge < -0.3 is 34.3 Å². The Morgan fingerprint density at radius 1 is 1.04 bits per heavy atom. The van der Waals surface area contributed by atoms with Crippen LogP contribution in [0.3, 0.4) is 0 Å². The van der Waals surface area contributed by atoms with E-state index in [1.807, 2.05) is 24.3 Å².